The van der Waals surface area contributed by atoms with Crippen LogP contribution in [0.2, 0.25) is 0 Å². The second-order valence-corrected chi connectivity index (χ2v) is 6.47. The molecule has 5 atom stereocenters. The summed E-state index contributed by atoms with van der Waals surface area (Å²) in [6, 6.07) is 0. The van der Waals surface area contributed by atoms with E-state index in [1.165, 1.54) is 6.08 Å². The number of hydrogen-bond acceptors (Lipinski definition) is 4. The Morgan fingerprint density at radius 1 is 1.42 bits per heavy atom. The maximum Gasteiger partial charge on any atom is 0.330 e. The molecule has 1 heterocycles. The van der Waals surface area contributed by atoms with E-state index in [0.29, 0.717) is 11.8 Å². The summed E-state index contributed by atoms with van der Waals surface area (Å²) < 4.78 is 11.2. The summed E-state index contributed by atoms with van der Waals surface area (Å²) >= 11 is 0. The van der Waals surface area contributed by atoms with E-state index in [1.54, 1.807) is 0 Å². The molecule has 102 valence electrons. The van der Waals surface area contributed by atoms with E-state index in [0.717, 1.165) is 32.1 Å². The van der Waals surface area contributed by atoms with Crippen LogP contribution in [0.3, 0.4) is 0 Å². The second kappa shape index (κ2) is 3.62. The number of carbonyl (C=O) groups is 2. The third kappa shape index (κ3) is 1.35. The highest BCUT2D eigenvalue weighted by molar-refractivity contribution is 5.82. The SMILES string of the molecule is C=CC(=O)OC1(C2C3CC4OC(=O)C2C4C3)CCC1. The van der Waals surface area contributed by atoms with Crippen LogP contribution in [0.5, 0.6) is 0 Å². The van der Waals surface area contributed by atoms with Crippen LogP contribution in [0, 0.1) is 23.7 Å². The highest BCUT2D eigenvalue weighted by Crippen LogP contribution is 2.64. The smallest absolute Gasteiger partial charge is 0.330 e. The zero-order valence-electron chi connectivity index (χ0n) is 10.8. The summed E-state index contributed by atoms with van der Waals surface area (Å²) in [7, 11) is 0. The van der Waals surface area contributed by atoms with Crippen LogP contribution >= 0.6 is 0 Å². The number of esters is 2. The van der Waals surface area contributed by atoms with Gasteiger partial charge in [0.15, 0.2) is 0 Å². The van der Waals surface area contributed by atoms with Crippen LogP contribution in [-0.4, -0.2) is 23.6 Å². The minimum atomic E-state index is -0.413. The second-order valence-electron chi connectivity index (χ2n) is 6.47. The molecule has 4 rings (SSSR count). The highest BCUT2D eigenvalue weighted by Gasteiger charge is 2.68. The number of carbonyl (C=O) groups excluding carboxylic acids is 2. The van der Waals surface area contributed by atoms with Crippen molar-refractivity contribution in [1.29, 1.82) is 0 Å². The fraction of sp³-hybridized carbons (Fsp3) is 0.733. The van der Waals surface area contributed by atoms with Crippen molar-refractivity contribution in [3.05, 3.63) is 12.7 Å². The molecular formula is C15H18O4. The van der Waals surface area contributed by atoms with Gasteiger partial charge in [0.2, 0.25) is 0 Å². The minimum Gasteiger partial charge on any atom is -0.462 e. The van der Waals surface area contributed by atoms with Gasteiger partial charge in [-0.1, -0.05) is 6.58 Å². The molecule has 0 radical (unpaired) electrons. The summed E-state index contributed by atoms with van der Waals surface area (Å²) in [6.07, 6.45) is 6.24. The molecule has 1 aliphatic heterocycles. The normalized spacial score (nSPS) is 44.6. The van der Waals surface area contributed by atoms with Gasteiger partial charge >= 0.3 is 11.9 Å². The van der Waals surface area contributed by atoms with E-state index < -0.39 is 5.60 Å². The van der Waals surface area contributed by atoms with Gasteiger partial charge in [-0.25, -0.2) is 4.79 Å². The molecule has 4 fully saturated rings. The van der Waals surface area contributed by atoms with Crippen LogP contribution < -0.4 is 0 Å². The predicted octanol–water partition coefficient (Wildman–Crippen LogP) is 1.84. The third-order valence-electron chi connectivity index (χ3n) is 5.76. The Hall–Kier alpha value is -1.32. The molecule has 4 nitrogen and oxygen atoms in total. The molecular weight excluding hydrogens is 244 g/mol. The highest BCUT2D eigenvalue weighted by atomic mass is 16.6. The largest absolute Gasteiger partial charge is 0.462 e. The molecule has 4 aliphatic rings. The van der Waals surface area contributed by atoms with E-state index in [1.807, 2.05) is 0 Å². The quantitative estimate of drug-likeness (QED) is 0.575. The first kappa shape index (κ1) is 11.5. The Bertz CT molecular complexity index is 463. The van der Waals surface area contributed by atoms with Crippen molar-refractivity contribution in [2.24, 2.45) is 23.7 Å². The van der Waals surface area contributed by atoms with Crippen molar-refractivity contribution >= 4 is 11.9 Å². The summed E-state index contributed by atoms with van der Waals surface area (Å²) in [5.74, 6) is 0.612. The van der Waals surface area contributed by atoms with E-state index in [2.05, 4.69) is 6.58 Å². The summed E-state index contributed by atoms with van der Waals surface area (Å²) in [4.78, 5) is 23.7. The van der Waals surface area contributed by atoms with Gasteiger partial charge in [0, 0.05) is 17.9 Å². The standard InChI is InChI=1S/C15H18O4/c1-2-11(16)19-15(4-3-5-15)13-8-6-9-10(7-8)18-14(17)12(9)13/h2,8-10,12-13H,1,3-7H2. The Kier molecular flexibility index (Phi) is 2.19. The Labute approximate surface area is 112 Å². The molecule has 2 bridgehead atoms. The Balaban J connectivity index is 1.66. The Morgan fingerprint density at radius 2 is 2.21 bits per heavy atom. The summed E-state index contributed by atoms with van der Waals surface area (Å²) in [5.41, 5.74) is -0.413. The van der Waals surface area contributed by atoms with Crippen molar-refractivity contribution in [2.45, 2.75) is 43.8 Å². The molecule has 19 heavy (non-hydrogen) atoms. The first-order chi connectivity index (χ1) is 9.14. The molecule has 0 aromatic heterocycles. The van der Waals surface area contributed by atoms with Crippen molar-refractivity contribution in [3.63, 3.8) is 0 Å². The van der Waals surface area contributed by atoms with Crippen LogP contribution in [0.1, 0.15) is 32.1 Å². The lowest BCUT2D eigenvalue weighted by atomic mass is 9.62. The maximum atomic E-state index is 12.1. The minimum absolute atomic E-state index is 0.0262. The van der Waals surface area contributed by atoms with Gasteiger partial charge in [0.1, 0.15) is 11.7 Å². The number of hydrogen-bond donors (Lipinski definition) is 0. The number of ether oxygens (including phenoxy) is 2. The average molecular weight is 262 g/mol. The van der Waals surface area contributed by atoms with Crippen molar-refractivity contribution < 1.29 is 19.1 Å². The number of rotatable bonds is 3. The van der Waals surface area contributed by atoms with Crippen LogP contribution in [0.15, 0.2) is 12.7 Å². The molecule has 1 saturated heterocycles. The first-order valence-corrected chi connectivity index (χ1v) is 7.20. The van der Waals surface area contributed by atoms with E-state index >= 15 is 0 Å². The monoisotopic (exact) mass is 262 g/mol. The van der Waals surface area contributed by atoms with Gasteiger partial charge in [0.05, 0.1) is 5.92 Å². The molecule has 3 saturated carbocycles. The molecule has 0 spiro atoms. The number of fused-ring (bicyclic) bond motifs is 1. The molecule has 4 heteroatoms. The van der Waals surface area contributed by atoms with E-state index in [4.69, 9.17) is 9.47 Å². The van der Waals surface area contributed by atoms with Crippen molar-refractivity contribution in [3.8, 4) is 0 Å². The lowest BCUT2D eigenvalue weighted by Gasteiger charge is -2.49. The van der Waals surface area contributed by atoms with E-state index in [9.17, 15) is 9.59 Å². The summed E-state index contributed by atoms with van der Waals surface area (Å²) in [6.45, 7) is 3.47. The molecule has 0 aromatic rings. The van der Waals surface area contributed by atoms with Gasteiger partial charge in [-0.15, -0.1) is 0 Å². The van der Waals surface area contributed by atoms with Crippen LogP contribution in [-0.2, 0) is 19.1 Å². The fourth-order valence-electron chi connectivity index (χ4n) is 5.01. The zero-order chi connectivity index (χ0) is 13.2. The third-order valence-corrected chi connectivity index (χ3v) is 5.76. The van der Waals surface area contributed by atoms with Gasteiger partial charge in [-0.3, -0.25) is 4.79 Å². The van der Waals surface area contributed by atoms with Crippen LogP contribution in [0.4, 0.5) is 0 Å². The van der Waals surface area contributed by atoms with Crippen LogP contribution in [0.25, 0.3) is 0 Å². The van der Waals surface area contributed by atoms with Crippen molar-refractivity contribution in [1.82, 2.24) is 0 Å². The molecule has 5 unspecified atom stereocenters. The lowest BCUT2D eigenvalue weighted by Crippen LogP contribution is -2.53. The fourth-order valence-corrected chi connectivity index (χ4v) is 5.01. The van der Waals surface area contributed by atoms with Gasteiger partial charge in [-0.05, 0) is 38.0 Å². The zero-order valence-corrected chi connectivity index (χ0v) is 10.8. The topological polar surface area (TPSA) is 52.6 Å². The average Bonchev–Trinajstić information content (AvgIpc) is 2.94. The molecule has 3 aliphatic carbocycles. The molecule has 0 N–H and O–H groups in total. The van der Waals surface area contributed by atoms with Crippen molar-refractivity contribution in [2.75, 3.05) is 0 Å². The van der Waals surface area contributed by atoms with Gasteiger partial charge < -0.3 is 9.47 Å². The van der Waals surface area contributed by atoms with Gasteiger partial charge in [0.25, 0.3) is 0 Å². The van der Waals surface area contributed by atoms with Gasteiger partial charge in [-0.2, -0.15) is 0 Å². The maximum absolute atomic E-state index is 12.1. The lowest BCUT2D eigenvalue weighted by molar-refractivity contribution is -0.183. The Morgan fingerprint density at radius 3 is 2.84 bits per heavy atom. The predicted molar refractivity (Wildman–Crippen MR) is 65.9 cm³/mol. The summed E-state index contributed by atoms with van der Waals surface area (Å²) in [5, 5.41) is 0. The van der Waals surface area contributed by atoms with E-state index in [-0.39, 0.29) is 29.9 Å². The first-order valence-electron chi connectivity index (χ1n) is 7.20. The molecule has 0 aromatic carbocycles. The molecule has 0 amide bonds.